The summed E-state index contributed by atoms with van der Waals surface area (Å²) in [5.74, 6) is 0.112. The van der Waals surface area contributed by atoms with Crippen molar-refractivity contribution >= 4 is 27.3 Å². The van der Waals surface area contributed by atoms with Gasteiger partial charge in [0.15, 0.2) is 0 Å². The molecule has 2 aromatic carbocycles. The number of rotatable bonds is 4. The number of methoxy groups -OCH3 is 1. The van der Waals surface area contributed by atoms with Crippen LogP contribution in [0.3, 0.4) is 0 Å². The highest BCUT2D eigenvalue weighted by Crippen LogP contribution is 2.36. The van der Waals surface area contributed by atoms with Crippen molar-refractivity contribution in [2.45, 2.75) is 37.6 Å². The quantitative estimate of drug-likeness (QED) is 0.892. The summed E-state index contributed by atoms with van der Waals surface area (Å²) >= 11 is 0. The Morgan fingerprint density at radius 1 is 1.23 bits per heavy atom. The average Bonchev–Trinajstić information content (AvgIpc) is 2.60. The molecule has 0 fully saturated rings. The van der Waals surface area contributed by atoms with E-state index in [0.717, 1.165) is 18.4 Å². The predicted molar refractivity (Wildman–Crippen MR) is 101 cm³/mol. The maximum Gasteiger partial charge on any atom is 0.264 e. The van der Waals surface area contributed by atoms with Gasteiger partial charge in [0.2, 0.25) is 5.91 Å². The van der Waals surface area contributed by atoms with Crippen molar-refractivity contribution in [1.82, 2.24) is 0 Å². The number of benzene rings is 2. The third kappa shape index (κ3) is 3.26. The third-order valence-electron chi connectivity index (χ3n) is 4.50. The molecule has 0 saturated carbocycles. The Morgan fingerprint density at radius 3 is 2.65 bits per heavy atom. The number of carbonyl (C=O) groups excluding carboxylic acids is 1. The van der Waals surface area contributed by atoms with Crippen molar-refractivity contribution in [2.75, 3.05) is 16.7 Å². The minimum Gasteiger partial charge on any atom is -0.495 e. The van der Waals surface area contributed by atoms with E-state index >= 15 is 0 Å². The Kier molecular flexibility index (Phi) is 4.91. The largest absolute Gasteiger partial charge is 0.495 e. The van der Waals surface area contributed by atoms with Crippen molar-refractivity contribution < 1.29 is 17.9 Å². The van der Waals surface area contributed by atoms with Crippen LogP contribution in [0.25, 0.3) is 0 Å². The van der Waals surface area contributed by atoms with E-state index in [1.807, 2.05) is 31.2 Å². The second-order valence-corrected chi connectivity index (χ2v) is 8.18. The molecule has 3 rings (SSSR count). The molecule has 1 aliphatic heterocycles. The zero-order valence-corrected chi connectivity index (χ0v) is 15.8. The lowest BCUT2D eigenvalue weighted by Crippen LogP contribution is -2.42. The highest BCUT2D eigenvalue weighted by Gasteiger charge is 2.34. The number of amides is 1. The first-order chi connectivity index (χ1) is 12.3. The number of anilines is 2. The Bertz CT molecular complexity index is 940. The molecule has 1 amide bonds. The van der Waals surface area contributed by atoms with Crippen LogP contribution in [-0.2, 0) is 21.2 Å². The molecular formula is C19H22N2O4S. The monoisotopic (exact) mass is 374 g/mol. The van der Waals surface area contributed by atoms with Crippen molar-refractivity contribution in [3.05, 3.63) is 48.0 Å². The fourth-order valence-electron chi connectivity index (χ4n) is 3.27. The maximum absolute atomic E-state index is 13.4. The molecule has 6 nitrogen and oxygen atoms in total. The van der Waals surface area contributed by atoms with E-state index in [0.29, 0.717) is 17.1 Å². The van der Waals surface area contributed by atoms with Gasteiger partial charge in [0.05, 0.1) is 23.4 Å². The van der Waals surface area contributed by atoms with E-state index in [4.69, 9.17) is 4.74 Å². The summed E-state index contributed by atoms with van der Waals surface area (Å²) in [4.78, 5) is 11.5. The lowest BCUT2D eigenvalue weighted by atomic mass is 9.99. The van der Waals surface area contributed by atoms with Crippen LogP contribution in [0.1, 0.15) is 25.8 Å². The van der Waals surface area contributed by atoms with Gasteiger partial charge in [-0.05, 0) is 49.6 Å². The Hall–Kier alpha value is -2.54. The number of fused-ring (bicyclic) bond motifs is 1. The molecular weight excluding hydrogens is 352 g/mol. The molecule has 0 aliphatic carbocycles. The molecule has 1 heterocycles. The molecule has 0 spiro atoms. The normalized spacial score (nSPS) is 16.7. The molecule has 1 aliphatic rings. The third-order valence-corrected chi connectivity index (χ3v) is 6.42. The number of hydrogen-bond donors (Lipinski definition) is 1. The van der Waals surface area contributed by atoms with Gasteiger partial charge in [0, 0.05) is 13.0 Å². The van der Waals surface area contributed by atoms with Crippen LogP contribution in [-0.4, -0.2) is 27.5 Å². The number of aryl methyl sites for hydroxylation is 1. The average molecular weight is 374 g/mol. The molecule has 1 N–H and O–H groups in total. The summed E-state index contributed by atoms with van der Waals surface area (Å²) < 4.78 is 33.4. The van der Waals surface area contributed by atoms with Gasteiger partial charge in [-0.3, -0.25) is 9.10 Å². The first-order valence-electron chi connectivity index (χ1n) is 8.42. The minimum atomic E-state index is -3.78. The SMILES string of the molecule is COc1ccc(S(=O)(=O)N2c3ccccc3CC[C@@H]2C)cc1NC(C)=O. The molecule has 0 unspecified atom stereocenters. The van der Waals surface area contributed by atoms with Crippen LogP contribution in [0.4, 0.5) is 11.4 Å². The Morgan fingerprint density at radius 2 is 1.96 bits per heavy atom. The number of para-hydroxylation sites is 1. The molecule has 138 valence electrons. The Balaban J connectivity index is 2.10. The second kappa shape index (κ2) is 6.99. The zero-order chi connectivity index (χ0) is 18.9. The smallest absolute Gasteiger partial charge is 0.264 e. The lowest BCUT2D eigenvalue weighted by molar-refractivity contribution is -0.114. The maximum atomic E-state index is 13.4. The van der Waals surface area contributed by atoms with E-state index in [9.17, 15) is 13.2 Å². The van der Waals surface area contributed by atoms with E-state index in [1.165, 1.54) is 30.5 Å². The molecule has 26 heavy (non-hydrogen) atoms. The van der Waals surface area contributed by atoms with Crippen molar-refractivity contribution in [3.63, 3.8) is 0 Å². The van der Waals surface area contributed by atoms with Gasteiger partial charge in [-0.2, -0.15) is 0 Å². The fourth-order valence-corrected chi connectivity index (χ4v) is 5.02. The molecule has 2 aromatic rings. The molecule has 0 radical (unpaired) electrons. The first-order valence-corrected chi connectivity index (χ1v) is 9.86. The van der Waals surface area contributed by atoms with Crippen LogP contribution in [0, 0.1) is 0 Å². The summed E-state index contributed by atoms with van der Waals surface area (Å²) in [7, 11) is -2.31. The van der Waals surface area contributed by atoms with Crippen molar-refractivity contribution in [2.24, 2.45) is 0 Å². The van der Waals surface area contributed by atoms with Crippen molar-refractivity contribution in [1.29, 1.82) is 0 Å². The molecule has 0 aromatic heterocycles. The second-order valence-electron chi connectivity index (χ2n) is 6.36. The van der Waals surface area contributed by atoms with Gasteiger partial charge in [0.25, 0.3) is 10.0 Å². The minimum absolute atomic E-state index is 0.116. The standard InChI is InChI=1S/C19H22N2O4S/c1-13-8-9-15-6-4-5-7-18(15)21(13)26(23,24)16-10-11-19(25-3)17(12-16)20-14(2)22/h4-7,10-13H,8-9H2,1-3H3,(H,20,22)/t13-/m0/s1. The van der Waals surface area contributed by atoms with Crippen molar-refractivity contribution in [3.8, 4) is 5.75 Å². The van der Waals surface area contributed by atoms with Crippen LogP contribution < -0.4 is 14.4 Å². The van der Waals surface area contributed by atoms with E-state index in [2.05, 4.69) is 5.32 Å². The van der Waals surface area contributed by atoms with Crippen LogP contribution in [0.15, 0.2) is 47.4 Å². The van der Waals surface area contributed by atoms with Gasteiger partial charge >= 0.3 is 0 Å². The topological polar surface area (TPSA) is 75.7 Å². The number of nitrogens with one attached hydrogen (secondary N) is 1. The van der Waals surface area contributed by atoms with Crippen LogP contribution >= 0.6 is 0 Å². The van der Waals surface area contributed by atoms with Gasteiger partial charge in [-0.25, -0.2) is 8.42 Å². The van der Waals surface area contributed by atoms with E-state index < -0.39 is 10.0 Å². The first kappa shape index (κ1) is 18.3. The summed E-state index contributed by atoms with van der Waals surface area (Å²) in [6.45, 7) is 3.27. The van der Waals surface area contributed by atoms with Crippen LogP contribution in [0.5, 0.6) is 5.75 Å². The van der Waals surface area contributed by atoms with Gasteiger partial charge in [-0.15, -0.1) is 0 Å². The van der Waals surface area contributed by atoms with E-state index in [-0.39, 0.29) is 16.8 Å². The highest BCUT2D eigenvalue weighted by atomic mass is 32.2. The lowest BCUT2D eigenvalue weighted by Gasteiger charge is -2.36. The number of hydrogen-bond acceptors (Lipinski definition) is 4. The predicted octanol–water partition coefficient (Wildman–Crippen LogP) is 3.18. The fraction of sp³-hybridized carbons (Fsp3) is 0.316. The molecule has 7 heteroatoms. The summed E-state index contributed by atoms with van der Waals surface area (Å²) in [6.07, 6.45) is 1.61. The molecule has 0 saturated heterocycles. The number of sulfonamides is 1. The van der Waals surface area contributed by atoms with Gasteiger partial charge in [-0.1, -0.05) is 18.2 Å². The highest BCUT2D eigenvalue weighted by molar-refractivity contribution is 7.92. The Labute approximate surface area is 153 Å². The molecule has 0 bridgehead atoms. The number of ether oxygens (including phenoxy) is 1. The molecule has 1 atom stereocenters. The zero-order valence-electron chi connectivity index (χ0n) is 15.0. The summed E-state index contributed by atoms with van der Waals surface area (Å²) in [5, 5.41) is 2.62. The number of carbonyl (C=O) groups is 1. The summed E-state index contributed by atoms with van der Waals surface area (Å²) in [5.41, 5.74) is 2.06. The van der Waals surface area contributed by atoms with Gasteiger partial charge in [0.1, 0.15) is 5.75 Å². The van der Waals surface area contributed by atoms with Crippen LogP contribution in [0.2, 0.25) is 0 Å². The number of nitrogens with zero attached hydrogens (tertiary/aromatic N) is 1. The van der Waals surface area contributed by atoms with E-state index in [1.54, 1.807) is 6.07 Å². The summed E-state index contributed by atoms with van der Waals surface area (Å²) in [6, 6.07) is 11.9. The van der Waals surface area contributed by atoms with Gasteiger partial charge < -0.3 is 10.1 Å².